The molecule has 1 N–H and O–H groups in total. The summed E-state index contributed by atoms with van der Waals surface area (Å²) in [4.78, 5) is 4.30. The Morgan fingerprint density at radius 1 is 1.41 bits per heavy atom. The first-order chi connectivity index (χ1) is 8.16. The molecular formula is C11H13BrN4S. The molecule has 0 aliphatic rings. The topological polar surface area (TPSA) is 50.7 Å². The van der Waals surface area contributed by atoms with Gasteiger partial charge in [-0.1, -0.05) is 25.2 Å². The first kappa shape index (κ1) is 12.6. The van der Waals surface area contributed by atoms with Crippen LogP contribution in [0.2, 0.25) is 0 Å². The van der Waals surface area contributed by atoms with E-state index in [4.69, 9.17) is 0 Å². The van der Waals surface area contributed by atoms with E-state index in [-0.39, 0.29) is 0 Å². The van der Waals surface area contributed by atoms with Crippen molar-refractivity contribution in [2.75, 3.05) is 0 Å². The summed E-state index contributed by atoms with van der Waals surface area (Å²) in [5.41, 5.74) is 0.848. The molecule has 2 aromatic heterocycles. The van der Waals surface area contributed by atoms with Crippen LogP contribution in [0.25, 0.3) is 10.7 Å². The molecule has 4 nitrogen and oxygen atoms in total. The molecule has 0 radical (unpaired) electrons. The number of hydrogen-bond acceptors (Lipinski definition) is 5. The number of aromatic nitrogens is 3. The fourth-order valence-corrected chi connectivity index (χ4v) is 2.63. The lowest BCUT2D eigenvalue weighted by atomic mass is 10.4. The van der Waals surface area contributed by atoms with E-state index in [2.05, 4.69) is 50.3 Å². The number of pyridine rings is 1. The highest BCUT2D eigenvalue weighted by molar-refractivity contribution is 9.10. The summed E-state index contributed by atoms with van der Waals surface area (Å²) in [6.07, 6.45) is 1.76. The van der Waals surface area contributed by atoms with Crippen LogP contribution in [0.1, 0.15) is 18.9 Å². The molecule has 0 fully saturated rings. The van der Waals surface area contributed by atoms with Crippen LogP contribution in [0.3, 0.4) is 0 Å². The number of rotatable bonds is 4. The van der Waals surface area contributed by atoms with Crippen molar-refractivity contribution in [3.05, 3.63) is 27.8 Å². The van der Waals surface area contributed by atoms with E-state index in [1.807, 2.05) is 12.1 Å². The van der Waals surface area contributed by atoms with Crippen molar-refractivity contribution < 1.29 is 0 Å². The maximum Gasteiger partial charge on any atom is 0.167 e. The van der Waals surface area contributed by atoms with Crippen LogP contribution in [0, 0.1) is 0 Å². The second kappa shape index (κ2) is 5.66. The van der Waals surface area contributed by atoms with Crippen LogP contribution in [0.5, 0.6) is 0 Å². The van der Waals surface area contributed by atoms with Gasteiger partial charge in [0.05, 0.1) is 0 Å². The van der Waals surface area contributed by atoms with E-state index in [9.17, 15) is 0 Å². The Labute approximate surface area is 113 Å². The zero-order chi connectivity index (χ0) is 12.3. The highest BCUT2D eigenvalue weighted by Gasteiger charge is 2.10. The van der Waals surface area contributed by atoms with E-state index in [0.717, 1.165) is 26.7 Å². The van der Waals surface area contributed by atoms with Gasteiger partial charge >= 0.3 is 0 Å². The van der Waals surface area contributed by atoms with Gasteiger partial charge in [-0.05, 0) is 28.1 Å². The monoisotopic (exact) mass is 312 g/mol. The molecule has 17 heavy (non-hydrogen) atoms. The zero-order valence-corrected chi connectivity index (χ0v) is 12.0. The van der Waals surface area contributed by atoms with Gasteiger partial charge in [-0.3, -0.25) is 4.98 Å². The van der Waals surface area contributed by atoms with E-state index in [1.165, 1.54) is 0 Å². The van der Waals surface area contributed by atoms with Crippen LogP contribution in [0.4, 0.5) is 0 Å². The maximum absolute atomic E-state index is 4.30. The summed E-state index contributed by atoms with van der Waals surface area (Å²) in [5.74, 6) is 0. The smallest absolute Gasteiger partial charge is 0.167 e. The molecule has 2 heterocycles. The number of hydrogen-bond donors (Lipinski definition) is 1. The highest BCUT2D eigenvalue weighted by atomic mass is 79.9. The summed E-state index contributed by atoms with van der Waals surface area (Å²) < 4.78 is 0.944. The van der Waals surface area contributed by atoms with Crippen LogP contribution in [-0.2, 0) is 6.54 Å². The average Bonchev–Trinajstić information content (AvgIpc) is 2.75. The number of halogens is 1. The Hall–Kier alpha value is -0.850. The Kier molecular flexibility index (Phi) is 4.20. The second-order valence-electron chi connectivity index (χ2n) is 3.87. The first-order valence-electron chi connectivity index (χ1n) is 5.33. The Bertz CT molecular complexity index is 498. The van der Waals surface area contributed by atoms with Crippen molar-refractivity contribution in [2.24, 2.45) is 0 Å². The molecule has 90 valence electrons. The lowest BCUT2D eigenvalue weighted by molar-refractivity contribution is 0.585. The summed E-state index contributed by atoms with van der Waals surface area (Å²) in [5, 5.41) is 13.5. The fourth-order valence-electron chi connectivity index (χ4n) is 1.26. The molecule has 0 bridgehead atoms. The largest absolute Gasteiger partial charge is 0.308 e. The minimum absolute atomic E-state index is 0.448. The average molecular weight is 313 g/mol. The molecule has 0 saturated heterocycles. The number of nitrogens with zero attached hydrogens (tertiary/aromatic N) is 3. The van der Waals surface area contributed by atoms with Crippen LogP contribution < -0.4 is 5.32 Å². The second-order valence-corrected chi connectivity index (χ2v) is 5.79. The third-order valence-electron chi connectivity index (χ3n) is 2.09. The zero-order valence-electron chi connectivity index (χ0n) is 9.64. The molecule has 0 unspecified atom stereocenters. The van der Waals surface area contributed by atoms with E-state index in [1.54, 1.807) is 17.5 Å². The van der Waals surface area contributed by atoms with E-state index in [0.29, 0.717) is 6.04 Å². The van der Waals surface area contributed by atoms with Crippen molar-refractivity contribution in [1.82, 2.24) is 20.5 Å². The van der Waals surface area contributed by atoms with Crippen molar-refractivity contribution in [3.63, 3.8) is 0 Å². The third-order valence-corrected chi connectivity index (χ3v) is 3.66. The predicted octanol–water partition coefficient (Wildman–Crippen LogP) is 2.86. The molecule has 0 saturated carbocycles. The molecule has 6 heteroatoms. The van der Waals surface area contributed by atoms with E-state index >= 15 is 0 Å². The number of nitrogens with one attached hydrogen (secondary N) is 1. The van der Waals surface area contributed by atoms with Gasteiger partial charge in [0.2, 0.25) is 0 Å². The lowest BCUT2D eigenvalue weighted by Gasteiger charge is -2.03. The van der Waals surface area contributed by atoms with Gasteiger partial charge in [-0.25, -0.2) is 0 Å². The predicted molar refractivity (Wildman–Crippen MR) is 72.8 cm³/mol. The summed E-state index contributed by atoms with van der Waals surface area (Å²) in [6, 6.07) is 4.29. The molecule has 2 aromatic rings. The standard InChI is InChI=1S/C11H13BrN4S/c1-7(2)14-6-9-15-16-11(17-9)10-8(12)4-3-5-13-10/h3-5,7,14H,6H2,1-2H3. The molecular weight excluding hydrogens is 300 g/mol. The molecule has 0 amide bonds. The van der Waals surface area contributed by atoms with Crippen molar-refractivity contribution in [1.29, 1.82) is 0 Å². The van der Waals surface area contributed by atoms with Crippen LogP contribution in [-0.4, -0.2) is 21.2 Å². The Morgan fingerprint density at radius 2 is 2.24 bits per heavy atom. The molecule has 0 aliphatic heterocycles. The van der Waals surface area contributed by atoms with Gasteiger partial charge in [0.15, 0.2) is 5.01 Å². The Balaban J connectivity index is 2.16. The normalized spacial score (nSPS) is 11.1. The molecule has 0 atom stereocenters. The minimum atomic E-state index is 0.448. The summed E-state index contributed by atoms with van der Waals surface area (Å²) in [7, 11) is 0. The van der Waals surface area contributed by atoms with Gasteiger partial charge in [-0.2, -0.15) is 0 Å². The molecule has 0 aromatic carbocycles. The quantitative estimate of drug-likeness (QED) is 0.943. The molecule has 2 rings (SSSR count). The summed E-state index contributed by atoms with van der Waals surface area (Å²) >= 11 is 5.03. The van der Waals surface area contributed by atoms with Gasteiger partial charge in [0.25, 0.3) is 0 Å². The van der Waals surface area contributed by atoms with Gasteiger partial charge in [-0.15, -0.1) is 10.2 Å². The van der Waals surface area contributed by atoms with Crippen LogP contribution in [0.15, 0.2) is 22.8 Å². The molecule has 0 aliphatic carbocycles. The summed E-state index contributed by atoms with van der Waals surface area (Å²) in [6.45, 7) is 4.97. The van der Waals surface area contributed by atoms with Gasteiger partial charge in [0.1, 0.15) is 10.7 Å². The minimum Gasteiger partial charge on any atom is -0.308 e. The van der Waals surface area contributed by atoms with Crippen molar-refractivity contribution in [3.8, 4) is 10.7 Å². The highest BCUT2D eigenvalue weighted by Crippen LogP contribution is 2.27. The first-order valence-corrected chi connectivity index (χ1v) is 6.94. The SMILES string of the molecule is CC(C)NCc1nnc(-c2ncccc2Br)s1. The van der Waals surface area contributed by atoms with E-state index < -0.39 is 0 Å². The van der Waals surface area contributed by atoms with Crippen molar-refractivity contribution >= 4 is 27.3 Å². The van der Waals surface area contributed by atoms with Gasteiger partial charge in [0, 0.05) is 23.3 Å². The fraction of sp³-hybridized carbons (Fsp3) is 0.364. The molecule has 0 spiro atoms. The third kappa shape index (κ3) is 3.31. The maximum atomic E-state index is 4.30. The lowest BCUT2D eigenvalue weighted by Crippen LogP contribution is -2.21. The van der Waals surface area contributed by atoms with Gasteiger partial charge < -0.3 is 5.32 Å². The Morgan fingerprint density at radius 3 is 2.94 bits per heavy atom. The van der Waals surface area contributed by atoms with Crippen LogP contribution >= 0.6 is 27.3 Å². The van der Waals surface area contributed by atoms with Crippen molar-refractivity contribution in [2.45, 2.75) is 26.4 Å².